The van der Waals surface area contributed by atoms with Crippen LogP contribution in [0.25, 0.3) is 0 Å². The normalized spacial score (nSPS) is 15.4. The highest BCUT2D eigenvalue weighted by Gasteiger charge is 2.17. The number of hydrogen-bond donors (Lipinski definition) is 1. The lowest BCUT2D eigenvalue weighted by atomic mass is 10.2. The third kappa shape index (κ3) is 1.37. The number of anilines is 1. The molecule has 3 nitrogen and oxygen atoms in total. The summed E-state index contributed by atoms with van der Waals surface area (Å²) < 4.78 is 5.54. The van der Waals surface area contributed by atoms with Gasteiger partial charge in [0.15, 0.2) is 0 Å². The molecule has 1 aliphatic heterocycles. The number of allylic oxidation sites excluding steroid dienone is 1. The zero-order valence-electron chi connectivity index (χ0n) is 8.13. The second-order valence-corrected chi connectivity index (χ2v) is 3.23. The molecule has 0 saturated heterocycles. The van der Waals surface area contributed by atoms with E-state index in [0.29, 0.717) is 22.8 Å². The van der Waals surface area contributed by atoms with Gasteiger partial charge in [0.1, 0.15) is 11.5 Å². The van der Waals surface area contributed by atoms with Crippen LogP contribution in [0, 0.1) is 0 Å². The number of fused-ring (bicyclic) bond motifs is 1. The van der Waals surface area contributed by atoms with Crippen molar-refractivity contribution in [3.63, 3.8) is 0 Å². The summed E-state index contributed by atoms with van der Waals surface area (Å²) in [5.74, 6) is 1.23. The number of hydrogen-bond acceptors (Lipinski definition) is 2. The molecule has 2 rings (SSSR count). The third-order valence-corrected chi connectivity index (χ3v) is 2.27. The first kappa shape index (κ1) is 8.81. The van der Waals surface area contributed by atoms with Crippen molar-refractivity contribution in [1.29, 1.82) is 0 Å². The van der Waals surface area contributed by atoms with E-state index in [9.17, 15) is 4.79 Å². The Kier molecular flexibility index (Phi) is 2.00. The van der Waals surface area contributed by atoms with E-state index in [1.54, 1.807) is 13.8 Å². The maximum atomic E-state index is 11.5. The fourth-order valence-corrected chi connectivity index (χ4v) is 1.28. The van der Waals surface area contributed by atoms with Crippen molar-refractivity contribution in [1.82, 2.24) is 0 Å². The van der Waals surface area contributed by atoms with E-state index in [1.807, 2.05) is 24.3 Å². The highest BCUT2D eigenvalue weighted by molar-refractivity contribution is 6.05. The van der Waals surface area contributed by atoms with E-state index in [-0.39, 0.29) is 5.91 Å². The lowest BCUT2D eigenvalue weighted by molar-refractivity contribution is -0.112. The Hall–Kier alpha value is -1.77. The fourth-order valence-electron chi connectivity index (χ4n) is 1.28. The highest BCUT2D eigenvalue weighted by Crippen LogP contribution is 2.29. The molecule has 14 heavy (non-hydrogen) atoms. The number of carbonyl (C=O) groups is 1. The summed E-state index contributed by atoms with van der Waals surface area (Å²) in [5.41, 5.74) is 1.33. The summed E-state index contributed by atoms with van der Waals surface area (Å²) in [6, 6.07) is 7.38. The second kappa shape index (κ2) is 3.18. The summed E-state index contributed by atoms with van der Waals surface area (Å²) in [6.07, 6.45) is 0. The van der Waals surface area contributed by atoms with Gasteiger partial charge in [-0.1, -0.05) is 12.1 Å². The van der Waals surface area contributed by atoms with Gasteiger partial charge in [-0.3, -0.25) is 4.79 Å². The fraction of sp³-hybridized carbons (Fsp3) is 0.182. The molecule has 1 heterocycles. The summed E-state index contributed by atoms with van der Waals surface area (Å²) in [4.78, 5) is 11.5. The molecule has 0 saturated carbocycles. The Balaban J connectivity index is 2.50. The van der Waals surface area contributed by atoms with Gasteiger partial charge in [0, 0.05) is 0 Å². The minimum atomic E-state index is -0.104. The van der Waals surface area contributed by atoms with Crippen LogP contribution in [-0.2, 0) is 4.79 Å². The van der Waals surface area contributed by atoms with Crippen LogP contribution in [-0.4, -0.2) is 5.91 Å². The molecule has 1 N–H and O–H groups in total. The predicted molar refractivity (Wildman–Crippen MR) is 54.1 cm³/mol. The predicted octanol–water partition coefficient (Wildman–Crippen LogP) is 2.31. The first-order chi connectivity index (χ1) is 6.68. The Morgan fingerprint density at radius 1 is 1.21 bits per heavy atom. The number of benzene rings is 1. The van der Waals surface area contributed by atoms with Crippen molar-refractivity contribution in [2.45, 2.75) is 13.8 Å². The van der Waals surface area contributed by atoms with Gasteiger partial charge in [0.05, 0.1) is 11.3 Å². The molecule has 0 aromatic heterocycles. The SMILES string of the molecule is CC1=C(C)C(=O)Nc2ccccc2O1. The van der Waals surface area contributed by atoms with E-state index in [4.69, 9.17) is 4.74 Å². The summed E-state index contributed by atoms with van der Waals surface area (Å²) in [6.45, 7) is 3.54. The Morgan fingerprint density at radius 3 is 2.71 bits per heavy atom. The number of para-hydroxylation sites is 2. The van der Waals surface area contributed by atoms with Crippen molar-refractivity contribution >= 4 is 11.6 Å². The third-order valence-electron chi connectivity index (χ3n) is 2.27. The molecule has 0 aliphatic carbocycles. The van der Waals surface area contributed by atoms with Crippen molar-refractivity contribution < 1.29 is 9.53 Å². The molecular weight excluding hydrogens is 178 g/mol. The van der Waals surface area contributed by atoms with Gasteiger partial charge in [-0.15, -0.1) is 0 Å². The topological polar surface area (TPSA) is 38.3 Å². The van der Waals surface area contributed by atoms with E-state index >= 15 is 0 Å². The van der Waals surface area contributed by atoms with Crippen molar-refractivity contribution in [3.05, 3.63) is 35.6 Å². The zero-order chi connectivity index (χ0) is 10.1. The minimum Gasteiger partial charge on any atom is -0.459 e. The van der Waals surface area contributed by atoms with Gasteiger partial charge >= 0.3 is 0 Å². The molecule has 1 aromatic carbocycles. The van der Waals surface area contributed by atoms with Gasteiger partial charge in [-0.2, -0.15) is 0 Å². The molecule has 0 atom stereocenters. The average molecular weight is 189 g/mol. The maximum Gasteiger partial charge on any atom is 0.254 e. The molecular formula is C11H11NO2. The van der Waals surface area contributed by atoms with Crippen LogP contribution >= 0.6 is 0 Å². The second-order valence-electron chi connectivity index (χ2n) is 3.23. The molecule has 3 heteroatoms. The van der Waals surface area contributed by atoms with Crippen molar-refractivity contribution in [3.8, 4) is 5.75 Å². The lowest BCUT2D eigenvalue weighted by Crippen LogP contribution is -2.11. The number of rotatable bonds is 0. The number of ether oxygens (including phenoxy) is 1. The highest BCUT2D eigenvalue weighted by atomic mass is 16.5. The molecule has 72 valence electrons. The maximum absolute atomic E-state index is 11.5. The van der Waals surface area contributed by atoms with Crippen LogP contribution in [0.3, 0.4) is 0 Å². The summed E-state index contributed by atoms with van der Waals surface area (Å²) in [5, 5.41) is 2.78. The van der Waals surface area contributed by atoms with Crippen LogP contribution in [0.1, 0.15) is 13.8 Å². The van der Waals surface area contributed by atoms with Gasteiger partial charge in [-0.05, 0) is 26.0 Å². The molecule has 0 bridgehead atoms. The Bertz CT molecular complexity index is 421. The molecule has 1 aliphatic rings. The van der Waals surface area contributed by atoms with Gasteiger partial charge in [0.25, 0.3) is 5.91 Å². The minimum absolute atomic E-state index is 0.104. The quantitative estimate of drug-likeness (QED) is 0.680. The Labute approximate surface area is 82.4 Å². The monoisotopic (exact) mass is 189 g/mol. The largest absolute Gasteiger partial charge is 0.459 e. The first-order valence-corrected chi connectivity index (χ1v) is 4.44. The molecule has 0 radical (unpaired) electrons. The first-order valence-electron chi connectivity index (χ1n) is 4.44. The van der Waals surface area contributed by atoms with Crippen LogP contribution < -0.4 is 10.1 Å². The number of nitrogens with one attached hydrogen (secondary N) is 1. The smallest absolute Gasteiger partial charge is 0.254 e. The lowest BCUT2D eigenvalue weighted by Gasteiger charge is -2.06. The molecule has 0 unspecified atom stereocenters. The van der Waals surface area contributed by atoms with E-state index in [1.165, 1.54) is 0 Å². The summed E-state index contributed by atoms with van der Waals surface area (Å²) >= 11 is 0. The van der Waals surface area contributed by atoms with Crippen LogP contribution in [0.4, 0.5) is 5.69 Å². The number of amides is 1. The van der Waals surface area contributed by atoms with Crippen LogP contribution in [0.2, 0.25) is 0 Å². The zero-order valence-corrected chi connectivity index (χ0v) is 8.13. The molecule has 1 aromatic rings. The van der Waals surface area contributed by atoms with Crippen molar-refractivity contribution in [2.24, 2.45) is 0 Å². The standard InChI is InChI=1S/C11H11NO2/c1-7-8(2)14-10-6-4-3-5-9(10)12-11(7)13/h3-6H,1-2H3,(H,12,13). The van der Waals surface area contributed by atoms with Gasteiger partial charge < -0.3 is 10.1 Å². The van der Waals surface area contributed by atoms with Gasteiger partial charge in [0.2, 0.25) is 0 Å². The summed E-state index contributed by atoms with van der Waals surface area (Å²) in [7, 11) is 0. The van der Waals surface area contributed by atoms with Crippen LogP contribution in [0.5, 0.6) is 5.75 Å². The van der Waals surface area contributed by atoms with E-state index < -0.39 is 0 Å². The average Bonchev–Trinajstić information content (AvgIpc) is 2.28. The van der Waals surface area contributed by atoms with E-state index in [2.05, 4.69) is 5.32 Å². The molecule has 0 spiro atoms. The number of carbonyl (C=O) groups excluding carboxylic acids is 1. The molecule has 0 fully saturated rings. The van der Waals surface area contributed by atoms with E-state index in [0.717, 1.165) is 0 Å². The van der Waals surface area contributed by atoms with Crippen molar-refractivity contribution in [2.75, 3.05) is 5.32 Å². The van der Waals surface area contributed by atoms with Crippen LogP contribution in [0.15, 0.2) is 35.6 Å². The van der Waals surface area contributed by atoms with Gasteiger partial charge in [-0.25, -0.2) is 0 Å². The molecule has 1 amide bonds. The Morgan fingerprint density at radius 2 is 1.93 bits per heavy atom.